The molecule has 2 aliphatic rings. The van der Waals surface area contributed by atoms with Crippen LogP contribution in [0.5, 0.6) is 23.0 Å². The van der Waals surface area contributed by atoms with E-state index in [9.17, 15) is 4.79 Å². The van der Waals surface area contributed by atoms with Crippen molar-refractivity contribution in [3.63, 3.8) is 0 Å². The largest absolute Gasteiger partial charge is 0.496 e. The number of hydrogen-bond acceptors (Lipinski definition) is 5. The number of fused-ring (bicyclic) bond motifs is 2. The van der Waals surface area contributed by atoms with Gasteiger partial charge in [0.15, 0.2) is 0 Å². The van der Waals surface area contributed by atoms with E-state index in [1.54, 1.807) is 44.4 Å². The lowest BCUT2D eigenvalue weighted by Crippen LogP contribution is -2.27. The number of nitrogens with zero attached hydrogens (tertiary/aromatic N) is 1. The van der Waals surface area contributed by atoms with E-state index in [1.165, 1.54) is 0 Å². The van der Waals surface area contributed by atoms with Crippen molar-refractivity contribution in [1.29, 1.82) is 0 Å². The molecule has 0 unspecified atom stereocenters. The third-order valence-corrected chi connectivity index (χ3v) is 5.14. The summed E-state index contributed by atoms with van der Waals surface area (Å²) < 4.78 is 22.4. The van der Waals surface area contributed by atoms with Crippen LogP contribution in [0.25, 0.3) is 0 Å². The fourth-order valence-electron chi connectivity index (χ4n) is 3.81. The van der Waals surface area contributed by atoms with Gasteiger partial charge < -0.3 is 23.8 Å². The van der Waals surface area contributed by atoms with Gasteiger partial charge in [-0.1, -0.05) is 6.07 Å². The predicted octanol–water partition coefficient (Wildman–Crippen LogP) is 2.85. The standard InChI is InChI=1S/C21H23NO5/c1-22(21(23)19-16(24-2)5-4-6-17(19)25-3)12-15-14-8-10-26-18(14)11-13-7-9-27-20(13)15/h4-6,11H,7-10,12H2,1-3H3. The van der Waals surface area contributed by atoms with E-state index in [2.05, 4.69) is 6.07 Å². The Bertz CT molecular complexity index is 838. The zero-order valence-electron chi connectivity index (χ0n) is 15.8. The lowest BCUT2D eigenvalue weighted by Gasteiger charge is -2.22. The van der Waals surface area contributed by atoms with Gasteiger partial charge in [0.2, 0.25) is 0 Å². The van der Waals surface area contributed by atoms with E-state index in [-0.39, 0.29) is 5.91 Å². The average molecular weight is 369 g/mol. The van der Waals surface area contributed by atoms with Gasteiger partial charge in [-0.15, -0.1) is 0 Å². The van der Waals surface area contributed by atoms with Crippen molar-refractivity contribution in [3.05, 3.63) is 46.5 Å². The van der Waals surface area contributed by atoms with Gasteiger partial charge in [-0.25, -0.2) is 0 Å². The van der Waals surface area contributed by atoms with Crippen LogP contribution in [0, 0.1) is 0 Å². The van der Waals surface area contributed by atoms with Crippen molar-refractivity contribution in [1.82, 2.24) is 4.90 Å². The van der Waals surface area contributed by atoms with Gasteiger partial charge in [-0.3, -0.25) is 4.79 Å². The Morgan fingerprint density at radius 2 is 1.81 bits per heavy atom. The van der Waals surface area contributed by atoms with Crippen molar-refractivity contribution < 1.29 is 23.7 Å². The molecular weight excluding hydrogens is 346 g/mol. The molecule has 0 spiro atoms. The summed E-state index contributed by atoms with van der Waals surface area (Å²) in [5.41, 5.74) is 3.76. The van der Waals surface area contributed by atoms with Gasteiger partial charge >= 0.3 is 0 Å². The lowest BCUT2D eigenvalue weighted by atomic mass is 9.99. The van der Waals surface area contributed by atoms with Gasteiger partial charge in [0, 0.05) is 43.1 Å². The summed E-state index contributed by atoms with van der Waals surface area (Å²) in [4.78, 5) is 14.9. The molecule has 2 aromatic carbocycles. The average Bonchev–Trinajstić information content (AvgIpc) is 3.35. The van der Waals surface area contributed by atoms with E-state index >= 15 is 0 Å². The summed E-state index contributed by atoms with van der Waals surface area (Å²) in [6, 6.07) is 7.41. The number of ether oxygens (including phenoxy) is 4. The molecule has 0 radical (unpaired) electrons. The third-order valence-electron chi connectivity index (χ3n) is 5.14. The molecule has 0 N–H and O–H groups in total. The van der Waals surface area contributed by atoms with E-state index in [1.807, 2.05) is 0 Å². The number of carbonyl (C=O) groups is 1. The molecule has 0 saturated heterocycles. The molecule has 0 aliphatic carbocycles. The van der Waals surface area contributed by atoms with Crippen molar-refractivity contribution >= 4 is 5.91 Å². The number of amides is 1. The molecular formula is C21H23NO5. The minimum Gasteiger partial charge on any atom is -0.496 e. The van der Waals surface area contributed by atoms with Crippen molar-refractivity contribution in [2.75, 3.05) is 34.5 Å². The molecule has 0 bridgehead atoms. The molecule has 0 saturated carbocycles. The summed E-state index contributed by atoms with van der Waals surface area (Å²) in [6.45, 7) is 1.78. The van der Waals surface area contributed by atoms with E-state index in [0.29, 0.717) is 36.8 Å². The van der Waals surface area contributed by atoms with Crippen LogP contribution in [-0.2, 0) is 19.4 Å². The summed E-state index contributed by atoms with van der Waals surface area (Å²) >= 11 is 0. The predicted molar refractivity (Wildman–Crippen MR) is 100 cm³/mol. The second-order valence-corrected chi connectivity index (χ2v) is 6.72. The van der Waals surface area contributed by atoms with Crippen LogP contribution < -0.4 is 18.9 Å². The van der Waals surface area contributed by atoms with E-state index in [4.69, 9.17) is 18.9 Å². The fraction of sp³-hybridized carbons (Fsp3) is 0.381. The van der Waals surface area contributed by atoms with Crippen LogP contribution in [0.3, 0.4) is 0 Å². The highest BCUT2D eigenvalue weighted by Crippen LogP contribution is 2.41. The van der Waals surface area contributed by atoms with Crippen LogP contribution in [0.2, 0.25) is 0 Å². The minimum absolute atomic E-state index is 0.160. The van der Waals surface area contributed by atoms with Gasteiger partial charge in [-0.2, -0.15) is 0 Å². The molecule has 1 amide bonds. The second-order valence-electron chi connectivity index (χ2n) is 6.72. The van der Waals surface area contributed by atoms with Gasteiger partial charge in [0.1, 0.15) is 28.6 Å². The molecule has 2 aliphatic heterocycles. The maximum absolute atomic E-state index is 13.2. The van der Waals surface area contributed by atoms with Crippen LogP contribution in [0.1, 0.15) is 27.0 Å². The smallest absolute Gasteiger partial charge is 0.261 e. The molecule has 27 heavy (non-hydrogen) atoms. The van der Waals surface area contributed by atoms with E-state index in [0.717, 1.165) is 41.0 Å². The quantitative estimate of drug-likeness (QED) is 0.811. The normalized spacial score (nSPS) is 14.0. The first-order valence-electron chi connectivity index (χ1n) is 9.03. The zero-order valence-corrected chi connectivity index (χ0v) is 15.8. The van der Waals surface area contributed by atoms with Crippen molar-refractivity contribution in [2.45, 2.75) is 19.4 Å². The van der Waals surface area contributed by atoms with Gasteiger partial charge in [0.25, 0.3) is 5.91 Å². The Balaban J connectivity index is 1.69. The number of benzene rings is 2. The molecule has 2 aromatic rings. The maximum atomic E-state index is 13.2. The number of methoxy groups -OCH3 is 2. The fourth-order valence-corrected chi connectivity index (χ4v) is 3.81. The highest BCUT2D eigenvalue weighted by atomic mass is 16.5. The number of hydrogen-bond donors (Lipinski definition) is 0. The van der Waals surface area contributed by atoms with E-state index < -0.39 is 0 Å². The molecule has 4 rings (SSSR count). The number of carbonyl (C=O) groups excluding carboxylic acids is 1. The highest BCUT2D eigenvalue weighted by molar-refractivity contribution is 5.99. The first kappa shape index (κ1) is 17.5. The minimum atomic E-state index is -0.160. The molecule has 142 valence electrons. The first-order valence-corrected chi connectivity index (χ1v) is 9.03. The van der Waals surface area contributed by atoms with Crippen LogP contribution >= 0.6 is 0 Å². The van der Waals surface area contributed by atoms with Gasteiger partial charge in [0.05, 0.1) is 27.4 Å². The molecule has 0 fully saturated rings. The molecule has 0 aromatic heterocycles. The summed E-state index contributed by atoms with van der Waals surface area (Å²) in [7, 11) is 4.88. The Hall–Kier alpha value is -2.89. The Morgan fingerprint density at radius 3 is 2.52 bits per heavy atom. The SMILES string of the molecule is COc1cccc(OC)c1C(=O)N(C)Cc1c2c(cc3c1OCC3)OCC2. The van der Waals surface area contributed by atoms with Crippen molar-refractivity contribution in [2.24, 2.45) is 0 Å². The van der Waals surface area contributed by atoms with Crippen LogP contribution in [0.15, 0.2) is 24.3 Å². The monoisotopic (exact) mass is 369 g/mol. The maximum Gasteiger partial charge on any atom is 0.261 e. The zero-order chi connectivity index (χ0) is 19.0. The Kier molecular flexibility index (Phi) is 4.56. The first-order chi connectivity index (χ1) is 13.1. The molecule has 6 nitrogen and oxygen atoms in total. The van der Waals surface area contributed by atoms with Crippen LogP contribution in [-0.4, -0.2) is 45.3 Å². The third kappa shape index (κ3) is 2.95. The van der Waals surface area contributed by atoms with Crippen molar-refractivity contribution in [3.8, 4) is 23.0 Å². The summed E-state index contributed by atoms with van der Waals surface area (Å²) in [6.07, 6.45) is 1.71. The Labute approximate surface area is 158 Å². The second kappa shape index (κ2) is 7.02. The topological polar surface area (TPSA) is 57.2 Å². The molecule has 2 heterocycles. The molecule has 6 heteroatoms. The highest BCUT2D eigenvalue weighted by Gasteiger charge is 2.29. The lowest BCUT2D eigenvalue weighted by molar-refractivity contribution is 0.0777. The van der Waals surface area contributed by atoms with Crippen LogP contribution in [0.4, 0.5) is 0 Å². The summed E-state index contributed by atoms with van der Waals surface area (Å²) in [5.74, 6) is 2.66. The van der Waals surface area contributed by atoms with Gasteiger partial charge in [-0.05, 0) is 18.2 Å². The number of rotatable bonds is 5. The Morgan fingerprint density at radius 1 is 1.11 bits per heavy atom. The summed E-state index contributed by atoms with van der Waals surface area (Å²) in [5, 5.41) is 0. The molecule has 0 atom stereocenters.